The monoisotopic (exact) mass is 240 g/mol. The molecule has 2 fully saturated rings. The number of likely N-dealkylation sites (tertiary alicyclic amines) is 1. The van der Waals surface area contributed by atoms with Crippen molar-refractivity contribution in [3.63, 3.8) is 0 Å². The van der Waals surface area contributed by atoms with Gasteiger partial charge in [-0.25, -0.2) is 0 Å². The fourth-order valence-corrected chi connectivity index (χ4v) is 2.62. The first kappa shape index (κ1) is 12.8. The Morgan fingerprint density at radius 2 is 2.06 bits per heavy atom. The highest BCUT2D eigenvalue weighted by Gasteiger charge is 2.28. The van der Waals surface area contributed by atoms with E-state index in [9.17, 15) is 4.79 Å². The van der Waals surface area contributed by atoms with Crippen molar-refractivity contribution in [1.82, 2.24) is 10.2 Å². The van der Waals surface area contributed by atoms with Gasteiger partial charge in [-0.15, -0.1) is 0 Å². The maximum Gasteiger partial charge on any atom is 0.236 e. The first-order valence-corrected chi connectivity index (χ1v) is 6.80. The van der Waals surface area contributed by atoms with Crippen LogP contribution >= 0.6 is 0 Å². The van der Waals surface area contributed by atoms with Crippen molar-refractivity contribution in [2.45, 2.75) is 44.6 Å². The molecule has 0 aliphatic carbocycles. The molecule has 0 spiro atoms. The standard InChI is InChI=1S/C13H24N2O2/c1-13(6-5-9-17-11-13)14-10-12(16)15-7-3-2-4-8-15/h14H,2-11H2,1H3. The van der Waals surface area contributed by atoms with E-state index in [1.807, 2.05) is 4.90 Å². The van der Waals surface area contributed by atoms with Crippen LogP contribution in [0.4, 0.5) is 0 Å². The maximum atomic E-state index is 12.0. The van der Waals surface area contributed by atoms with E-state index < -0.39 is 0 Å². The molecule has 2 rings (SSSR count). The number of hydrogen-bond donors (Lipinski definition) is 1. The normalized spacial score (nSPS) is 30.3. The van der Waals surface area contributed by atoms with Gasteiger partial charge in [-0.05, 0) is 39.0 Å². The summed E-state index contributed by atoms with van der Waals surface area (Å²) < 4.78 is 5.48. The van der Waals surface area contributed by atoms with Crippen LogP contribution in [-0.4, -0.2) is 49.2 Å². The smallest absolute Gasteiger partial charge is 0.236 e. The van der Waals surface area contributed by atoms with Crippen LogP contribution in [0.5, 0.6) is 0 Å². The highest BCUT2D eigenvalue weighted by atomic mass is 16.5. The molecule has 4 nitrogen and oxygen atoms in total. The molecule has 1 atom stereocenters. The molecule has 0 radical (unpaired) electrons. The van der Waals surface area contributed by atoms with E-state index in [2.05, 4.69) is 12.2 Å². The Hall–Kier alpha value is -0.610. The number of rotatable bonds is 3. The molecule has 2 saturated heterocycles. The van der Waals surface area contributed by atoms with E-state index in [1.165, 1.54) is 6.42 Å². The van der Waals surface area contributed by atoms with E-state index in [0.717, 1.165) is 52.0 Å². The Kier molecular flexibility index (Phi) is 4.40. The molecule has 1 N–H and O–H groups in total. The van der Waals surface area contributed by atoms with Crippen molar-refractivity contribution in [2.75, 3.05) is 32.8 Å². The Labute approximate surface area is 104 Å². The van der Waals surface area contributed by atoms with Gasteiger partial charge in [0.1, 0.15) is 0 Å². The van der Waals surface area contributed by atoms with Crippen LogP contribution in [0.25, 0.3) is 0 Å². The number of nitrogens with one attached hydrogen (secondary N) is 1. The van der Waals surface area contributed by atoms with Gasteiger partial charge in [0.15, 0.2) is 0 Å². The summed E-state index contributed by atoms with van der Waals surface area (Å²) in [4.78, 5) is 14.0. The van der Waals surface area contributed by atoms with Crippen LogP contribution in [0.1, 0.15) is 39.0 Å². The number of hydrogen-bond acceptors (Lipinski definition) is 3. The molecule has 0 bridgehead atoms. The minimum absolute atomic E-state index is 0.0102. The molecule has 17 heavy (non-hydrogen) atoms. The van der Waals surface area contributed by atoms with Crippen molar-refractivity contribution < 1.29 is 9.53 Å². The third-order valence-corrected chi connectivity index (χ3v) is 3.81. The number of carbonyl (C=O) groups is 1. The minimum Gasteiger partial charge on any atom is -0.380 e. The average Bonchev–Trinajstić information content (AvgIpc) is 2.38. The average molecular weight is 240 g/mol. The molecule has 2 aliphatic heterocycles. The molecule has 1 unspecified atom stereocenters. The Balaban J connectivity index is 1.74. The van der Waals surface area contributed by atoms with Crippen molar-refractivity contribution in [2.24, 2.45) is 0 Å². The van der Waals surface area contributed by atoms with Gasteiger partial charge in [0.2, 0.25) is 5.91 Å². The van der Waals surface area contributed by atoms with E-state index in [0.29, 0.717) is 6.54 Å². The second-order valence-corrected chi connectivity index (χ2v) is 5.51. The summed E-state index contributed by atoms with van der Waals surface area (Å²) >= 11 is 0. The molecule has 98 valence electrons. The van der Waals surface area contributed by atoms with Gasteiger partial charge in [0.25, 0.3) is 0 Å². The Morgan fingerprint density at radius 3 is 2.71 bits per heavy atom. The highest BCUT2D eigenvalue weighted by molar-refractivity contribution is 5.78. The summed E-state index contributed by atoms with van der Waals surface area (Å²) in [5.41, 5.74) is -0.0102. The lowest BCUT2D eigenvalue weighted by atomic mass is 9.95. The SMILES string of the molecule is CC1(NCC(=O)N2CCCCC2)CCCOC1. The molecule has 0 aromatic heterocycles. The molecular weight excluding hydrogens is 216 g/mol. The quantitative estimate of drug-likeness (QED) is 0.805. The topological polar surface area (TPSA) is 41.6 Å². The van der Waals surface area contributed by atoms with Gasteiger partial charge >= 0.3 is 0 Å². The summed E-state index contributed by atoms with van der Waals surface area (Å²) in [6.45, 7) is 6.06. The molecule has 0 aromatic rings. The second-order valence-electron chi connectivity index (χ2n) is 5.51. The van der Waals surface area contributed by atoms with E-state index in [-0.39, 0.29) is 11.4 Å². The maximum absolute atomic E-state index is 12.0. The second kappa shape index (κ2) is 5.83. The molecule has 0 aromatic carbocycles. The number of ether oxygens (including phenoxy) is 1. The predicted octanol–water partition coefficient (Wildman–Crippen LogP) is 1.16. The molecule has 2 aliphatic rings. The van der Waals surface area contributed by atoms with E-state index in [1.54, 1.807) is 0 Å². The number of nitrogens with zero attached hydrogens (tertiary/aromatic N) is 1. The lowest BCUT2D eigenvalue weighted by Gasteiger charge is -2.35. The van der Waals surface area contributed by atoms with E-state index >= 15 is 0 Å². The van der Waals surface area contributed by atoms with E-state index in [4.69, 9.17) is 4.74 Å². The fourth-order valence-electron chi connectivity index (χ4n) is 2.62. The van der Waals surface area contributed by atoms with Crippen LogP contribution < -0.4 is 5.32 Å². The minimum atomic E-state index is -0.0102. The number of amides is 1. The lowest BCUT2D eigenvalue weighted by Crippen LogP contribution is -2.53. The molecule has 0 saturated carbocycles. The van der Waals surface area contributed by atoms with Gasteiger partial charge in [-0.3, -0.25) is 4.79 Å². The van der Waals surface area contributed by atoms with Crippen molar-refractivity contribution in [3.05, 3.63) is 0 Å². The highest BCUT2D eigenvalue weighted by Crippen LogP contribution is 2.18. The van der Waals surface area contributed by atoms with Crippen LogP contribution in [0.15, 0.2) is 0 Å². The summed E-state index contributed by atoms with van der Waals surface area (Å²) in [5, 5.41) is 3.38. The van der Waals surface area contributed by atoms with Crippen LogP contribution in [0.2, 0.25) is 0 Å². The number of piperidine rings is 1. The zero-order valence-electron chi connectivity index (χ0n) is 10.8. The predicted molar refractivity (Wildman–Crippen MR) is 66.9 cm³/mol. The van der Waals surface area contributed by atoms with Gasteiger partial charge in [0, 0.05) is 25.2 Å². The largest absolute Gasteiger partial charge is 0.380 e. The molecular formula is C13H24N2O2. The Morgan fingerprint density at radius 1 is 1.29 bits per heavy atom. The summed E-state index contributed by atoms with van der Waals surface area (Å²) in [7, 11) is 0. The summed E-state index contributed by atoms with van der Waals surface area (Å²) in [5.74, 6) is 0.247. The third kappa shape index (κ3) is 3.68. The zero-order chi connectivity index (χ0) is 12.1. The van der Waals surface area contributed by atoms with Crippen molar-refractivity contribution >= 4 is 5.91 Å². The molecule has 2 heterocycles. The lowest BCUT2D eigenvalue weighted by molar-refractivity contribution is -0.131. The van der Waals surface area contributed by atoms with Gasteiger partial charge < -0.3 is 15.0 Å². The Bertz CT molecular complexity index is 256. The fraction of sp³-hybridized carbons (Fsp3) is 0.923. The first-order chi connectivity index (χ1) is 8.20. The zero-order valence-corrected chi connectivity index (χ0v) is 10.8. The first-order valence-electron chi connectivity index (χ1n) is 6.80. The number of carbonyl (C=O) groups excluding carboxylic acids is 1. The van der Waals surface area contributed by atoms with Crippen LogP contribution in [0.3, 0.4) is 0 Å². The van der Waals surface area contributed by atoms with Gasteiger partial charge in [-0.2, -0.15) is 0 Å². The summed E-state index contributed by atoms with van der Waals surface area (Å²) in [6.07, 6.45) is 5.77. The molecule has 4 heteroatoms. The van der Waals surface area contributed by atoms with Crippen molar-refractivity contribution in [3.8, 4) is 0 Å². The van der Waals surface area contributed by atoms with Crippen molar-refractivity contribution in [1.29, 1.82) is 0 Å². The third-order valence-electron chi connectivity index (χ3n) is 3.81. The van der Waals surface area contributed by atoms with Crippen LogP contribution in [0, 0.1) is 0 Å². The molecule has 1 amide bonds. The van der Waals surface area contributed by atoms with Gasteiger partial charge in [0.05, 0.1) is 13.2 Å². The van der Waals surface area contributed by atoms with Crippen LogP contribution in [-0.2, 0) is 9.53 Å². The van der Waals surface area contributed by atoms with Gasteiger partial charge in [-0.1, -0.05) is 0 Å². The summed E-state index contributed by atoms with van der Waals surface area (Å²) in [6, 6.07) is 0.